The van der Waals surface area contributed by atoms with Gasteiger partial charge in [0.05, 0.1) is 18.6 Å². The Hall–Kier alpha value is -1.43. The van der Waals surface area contributed by atoms with E-state index >= 15 is 0 Å². The fourth-order valence-electron chi connectivity index (χ4n) is 1.20. The third kappa shape index (κ3) is 3.30. The van der Waals surface area contributed by atoms with E-state index in [0.29, 0.717) is 19.0 Å². The molecule has 1 aromatic heterocycles. The van der Waals surface area contributed by atoms with Gasteiger partial charge in [0.2, 0.25) is 11.9 Å². The van der Waals surface area contributed by atoms with Crippen molar-refractivity contribution >= 4 is 11.9 Å². The number of carbonyl (C=O) groups is 1. The molecule has 0 saturated heterocycles. The Morgan fingerprint density at radius 3 is 2.81 bits per heavy atom. The average Bonchev–Trinajstić information content (AvgIpc) is 2.62. The molecule has 0 saturated carbocycles. The third-order valence-corrected chi connectivity index (χ3v) is 1.97. The molecule has 0 atom stereocenters. The second kappa shape index (κ2) is 5.07. The van der Waals surface area contributed by atoms with E-state index in [0.717, 1.165) is 0 Å². The minimum absolute atomic E-state index is 0.125. The molecule has 0 bridgehead atoms. The number of nitrogens with one attached hydrogen (secondary N) is 1. The lowest BCUT2D eigenvalue weighted by molar-refractivity contribution is -0.117. The molecule has 0 fully saturated rings. The molecule has 0 aliphatic rings. The molecule has 90 valence electrons. The van der Waals surface area contributed by atoms with Gasteiger partial charge >= 0.3 is 0 Å². The molecule has 0 aliphatic carbocycles. The Kier molecular flexibility index (Phi) is 4.00. The summed E-state index contributed by atoms with van der Waals surface area (Å²) in [7, 11) is 1.56. The van der Waals surface area contributed by atoms with E-state index in [1.165, 1.54) is 6.33 Å². The van der Waals surface area contributed by atoms with E-state index in [1.807, 2.05) is 20.8 Å². The lowest BCUT2D eigenvalue weighted by Crippen LogP contribution is -2.27. The van der Waals surface area contributed by atoms with Crippen LogP contribution in [0.3, 0.4) is 0 Å². The van der Waals surface area contributed by atoms with Crippen molar-refractivity contribution < 1.29 is 9.53 Å². The summed E-state index contributed by atoms with van der Waals surface area (Å²) in [5, 5.41) is 6.78. The van der Waals surface area contributed by atoms with E-state index in [2.05, 4.69) is 15.4 Å². The van der Waals surface area contributed by atoms with Crippen LogP contribution in [0, 0.1) is 0 Å². The van der Waals surface area contributed by atoms with Crippen molar-refractivity contribution in [3.05, 3.63) is 6.33 Å². The number of nitrogens with zero attached hydrogens (tertiary/aromatic N) is 3. The van der Waals surface area contributed by atoms with Crippen molar-refractivity contribution in [2.24, 2.45) is 0 Å². The second-order valence-corrected chi connectivity index (χ2v) is 4.46. The zero-order valence-electron chi connectivity index (χ0n) is 10.1. The van der Waals surface area contributed by atoms with E-state index in [-0.39, 0.29) is 11.4 Å². The predicted molar refractivity (Wildman–Crippen MR) is 60.1 cm³/mol. The van der Waals surface area contributed by atoms with Crippen LogP contribution in [0.4, 0.5) is 5.95 Å². The molecule has 1 amide bonds. The lowest BCUT2D eigenvalue weighted by Gasteiger charge is -2.20. The van der Waals surface area contributed by atoms with E-state index in [4.69, 9.17) is 4.74 Å². The SMILES string of the molecule is COCCC(=O)Nc1ncnn1C(C)(C)C. The molecule has 16 heavy (non-hydrogen) atoms. The summed E-state index contributed by atoms with van der Waals surface area (Å²) in [6.45, 7) is 6.38. The van der Waals surface area contributed by atoms with Crippen LogP contribution in [0.5, 0.6) is 0 Å². The third-order valence-electron chi connectivity index (χ3n) is 1.97. The molecule has 0 unspecified atom stereocenters. The first-order chi connectivity index (χ1) is 7.45. The van der Waals surface area contributed by atoms with Gasteiger partial charge in [0.1, 0.15) is 6.33 Å². The largest absolute Gasteiger partial charge is 0.384 e. The number of anilines is 1. The Balaban J connectivity index is 2.67. The maximum Gasteiger partial charge on any atom is 0.229 e. The van der Waals surface area contributed by atoms with Crippen LogP contribution in [0.2, 0.25) is 0 Å². The predicted octanol–water partition coefficient (Wildman–Crippen LogP) is 1.01. The lowest BCUT2D eigenvalue weighted by atomic mass is 10.1. The first kappa shape index (κ1) is 12.6. The number of hydrogen-bond acceptors (Lipinski definition) is 4. The highest BCUT2D eigenvalue weighted by atomic mass is 16.5. The molecule has 1 rings (SSSR count). The molecular formula is C10H18N4O2. The minimum atomic E-state index is -0.208. The highest BCUT2D eigenvalue weighted by Gasteiger charge is 2.19. The van der Waals surface area contributed by atoms with Crippen LogP contribution in [0.15, 0.2) is 6.33 Å². The Labute approximate surface area is 95.0 Å². The van der Waals surface area contributed by atoms with Crippen LogP contribution in [-0.4, -0.2) is 34.4 Å². The summed E-state index contributed by atoms with van der Waals surface area (Å²) in [5.74, 6) is 0.342. The van der Waals surface area contributed by atoms with Crippen molar-refractivity contribution in [2.75, 3.05) is 19.0 Å². The normalized spacial score (nSPS) is 11.5. The van der Waals surface area contributed by atoms with Crippen LogP contribution >= 0.6 is 0 Å². The second-order valence-electron chi connectivity index (χ2n) is 4.46. The summed E-state index contributed by atoms with van der Waals surface area (Å²) in [5.41, 5.74) is -0.208. The first-order valence-corrected chi connectivity index (χ1v) is 5.14. The summed E-state index contributed by atoms with van der Waals surface area (Å²) in [6, 6.07) is 0. The smallest absolute Gasteiger partial charge is 0.229 e. The van der Waals surface area contributed by atoms with E-state index < -0.39 is 0 Å². The first-order valence-electron chi connectivity index (χ1n) is 5.14. The topological polar surface area (TPSA) is 69.0 Å². The molecule has 1 N–H and O–H groups in total. The summed E-state index contributed by atoms with van der Waals surface area (Å²) in [4.78, 5) is 15.5. The van der Waals surface area contributed by atoms with Crippen molar-refractivity contribution in [1.29, 1.82) is 0 Å². The van der Waals surface area contributed by atoms with Crippen molar-refractivity contribution in [3.63, 3.8) is 0 Å². The quantitative estimate of drug-likeness (QED) is 0.831. The van der Waals surface area contributed by atoms with Crippen molar-refractivity contribution in [1.82, 2.24) is 14.8 Å². The highest BCUT2D eigenvalue weighted by Crippen LogP contribution is 2.16. The maximum absolute atomic E-state index is 11.5. The zero-order chi connectivity index (χ0) is 12.2. The number of aromatic nitrogens is 3. The molecule has 6 nitrogen and oxygen atoms in total. The number of ether oxygens (including phenoxy) is 1. The molecule has 6 heteroatoms. The number of amides is 1. The van der Waals surface area contributed by atoms with E-state index in [9.17, 15) is 4.79 Å². The van der Waals surface area contributed by atoms with Crippen LogP contribution in [-0.2, 0) is 15.1 Å². The van der Waals surface area contributed by atoms with Gasteiger partial charge in [-0.05, 0) is 20.8 Å². The van der Waals surface area contributed by atoms with Crippen molar-refractivity contribution in [2.45, 2.75) is 32.7 Å². The van der Waals surface area contributed by atoms with Crippen LogP contribution < -0.4 is 5.32 Å². The Morgan fingerprint density at radius 2 is 2.25 bits per heavy atom. The van der Waals surface area contributed by atoms with Crippen molar-refractivity contribution in [3.8, 4) is 0 Å². The standard InChI is InChI=1S/C10H18N4O2/c1-10(2,3)14-9(11-7-12-14)13-8(15)5-6-16-4/h7H,5-6H2,1-4H3,(H,11,12,13,15). The fourth-order valence-corrected chi connectivity index (χ4v) is 1.20. The molecular weight excluding hydrogens is 208 g/mol. The van der Waals surface area contributed by atoms with Crippen LogP contribution in [0.1, 0.15) is 27.2 Å². The molecule has 0 aliphatic heterocycles. The van der Waals surface area contributed by atoms with Gasteiger partial charge in [0.15, 0.2) is 0 Å². The van der Waals surface area contributed by atoms with Gasteiger partial charge in [-0.15, -0.1) is 0 Å². The Morgan fingerprint density at radius 1 is 1.56 bits per heavy atom. The van der Waals surface area contributed by atoms with Gasteiger partial charge < -0.3 is 4.74 Å². The molecule has 0 aromatic carbocycles. The summed E-state index contributed by atoms with van der Waals surface area (Å²) >= 11 is 0. The minimum Gasteiger partial charge on any atom is -0.384 e. The van der Waals surface area contributed by atoms with Crippen LogP contribution in [0.25, 0.3) is 0 Å². The number of methoxy groups -OCH3 is 1. The summed E-state index contributed by atoms with van der Waals surface area (Å²) < 4.78 is 6.50. The van der Waals surface area contributed by atoms with Gasteiger partial charge in [-0.3, -0.25) is 10.1 Å². The maximum atomic E-state index is 11.5. The zero-order valence-corrected chi connectivity index (χ0v) is 10.1. The Bertz CT molecular complexity index is 354. The van der Waals surface area contributed by atoms with Gasteiger partial charge in [-0.2, -0.15) is 10.1 Å². The number of hydrogen-bond donors (Lipinski definition) is 1. The average molecular weight is 226 g/mol. The van der Waals surface area contributed by atoms with E-state index in [1.54, 1.807) is 11.8 Å². The van der Waals surface area contributed by atoms with Gasteiger partial charge in [0.25, 0.3) is 0 Å². The molecule has 0 radical (unpaired) electrons. The monoisotopic (exact) mass is 226 g/mol. The molecule has 1 aromatic rings. The highest BCUT2D eigenvalue weighted by molar-refractivity contribution is 5.89. The number of rotatable bonds is 4. The van der Waals surface area contributed by atoms with Gasteiger partial charge in [0, 0.05) is 7.11 Å². The van der Waals surface area contributed by atoms with Gasteiger partial charge in [-0.1, -0.05) is 0 Å². The number of carbonyl (C=O) groups excluding carboxylic acids is 1. The fraction of sp³-hybridized carbons (Fsp3) is 0.700. The molecule has 1 heterocycles. The van der Waals surface area contributed by atoms with Gasteiger partial charge in [-0.25, -0.2) is 4.68 Å². The summed E-state index contributed by atoms with van der Waals surface area (Å²) in [6.07, 6.45) is 1.74. The molecule has 0 spiro atoms.